The minimum Gasteiger partial charge on any atom is -0.480 e. The van der Waals surface area contributed by atoms with E-state index in [1.54, 1.807) is 11.0 Å². The summed E-state index contributed by atoms with van der Waals surface area (Å²) in [6.07, 6.45) is 1.94. The quantitative estimate of drug-likeness (QED) is 0.838. The van der Waals surface area contributed by atoms with Gasteiger partial charge in [-0.3, -0.25) is 14.5 Å². The number of hydrogen-bond donors (Lipinski definition) is 2. The van der Waals surface area contributed by atoms with E-state index in [9.17, 15) is 9.59 Å². The maximum absolute atomic E-state index is 11.9. The maximum Gasteiger partial charge on any atom is 0.317 e. The normalized spacial score (nSPS) is 14.4. The van der Waals surface area contributed by atoms with E-state index in [1.165, 1.54) is 0 Å². The molecule has 2 N–H and O–H groups in total. The Morgan fingerprint density at radius 2 is 2.00 bits per heavy atom. The summed E-state index contributed by atoms with van der Waals surface area (Å²) in [5, 5.41) is 11.6. The highest BCUT2D eigenvalue weighted by molar-refractivity contribution is 9.10. The van der Waals surface area contributed by atoms with Gasteiger partial charge in [0.25, 0.3) is 0 Å². The van der Waals surface area contributed by atoms with E-state index in [1.807, 2.05) is 18.2 Å². The average molecular weight is 327 g/mol. The molecule has 1 aromatic carbocycles. The summed E-state index contributed by atoms with van der Waals surface area (Å²) in [4.78, 5) is 24.4. The smallest absolute Gasteiger partial charge is 0.317 e. The first kappa shape index (κ1) is 14.0. The number of carbonyl (C=O) groups is 2. The number of rotatable bonds is 6. The zero-order chi connectivity index (χ0) is 13.8. The highest BCUT2D eigenvalue weighted by atomic mass is 79.9. The predicted octanol–water partition coefficient (Wildman–Crippen LogP) is 1.94. The van der Waals surface area contributed by atoms with Crippen molar-refractivity contribution in [3.63, 3.8) is 0 Å². The summed E-state index contributed by atoms with van der Waals surface area (Å²) in [6, 6.07) is 7.56. The van der Waals surface area contributed by atoms with Gasteiger partial charge in [0, 0.05) is 10.5 Å². The van der Waals surface area contributed by atoms with E-state index in [4.69, 9.17) is 5.11 Å². The van der Waals surface area contributed by atoms with Crippen molar-refractivity contribution in [2.24, 2.45) is 0 Å². The minimum absolute atomic E-state index is 0.0892. The van der Waals surface area contributed by atoms with Crippen molar-refractivity contribution in [3.05, 3.63) is 28.7 Å². The molecule has 0 heterocycles. The first-order valence-electron chi connectivity index (χ1n) is 6.06. The summed E-state index contributed by atoms with van der Waals surface area (Å²) in [5.74, 6) is -1.10. The summed E-state index contributed by atoms with van der Waals surface area (Å²) in [5.41, 5.74) is 0.693. The van der Waals surface area contributed by atoms with Crippen molar-refractivity contribution < 1.29 is 14.7 Å². The number of hydrogen-bond acceptors (Lipinski definition) is 3. The van der Waals surface area contributed by atoms with Crippen molar-refractivity contribution in [2.45, 2.75) is 18.9 Å². The first-order valence-corrected chi connectivity index (χ1v) is 6.86. The van der Waals surface area contributed by atoms with Crippen LogP contribution in [0.2, 0.25) is 0 Å². The third-order valence-corrected chi connectivity index (χ3v) is 3.59. The molecule has 0 radical (unpaired) electrons. The molecule has 1 aliphatic rings. The molecule has 0 spiro atoms. The lowest BCUT2D eigenvalue weighted by molar-refractivity contribution is -0.138. The van der Waals surface area contributed by atoms with Crippen molar-refractivity contribution in [2.75, 3.05) is 18.4 Å². The highest BCUT2D eigenvalue weighted by Gasteiger charge is 2.31. The van der Waals surface area contributed by atoms with Crippen LogP contribution >= 0.6 is 15.9 Å². The molecule has 0 aliphatic heterocycles. The number of nitrogens with zero attached hydrogens (tertiary/aromatic N) is 1. The third-order valence-electron chi connectivity index (χ3n) is 2.90. The number of benzene rings is 1. The van der Waals surface area contributed by atoms with E-state index in [-0.39, 0.29) is 25.0 Å². The van der Waals surface area contributed by atoms with Gasteiger partial charge in [-0.05, 0) is 40.9 Å². The van der Waals surface area contributed by atoms with Gasteiger partial charge < -0.3 is 10.4 Å². The molecular weight excluding hydrogens is 312 g/mol. The molecule has 1 aliphatic carbocycles. The van der Waals surface area contributed by atoms with Crippen LogP contribution in [0.5, 0.6) is 0 Å². The second-order valence-electron chi connectivity index (χ2n) is 4.56. The van der Waals surface area contributed by atoms with Crippen molar-refractivity contribution in [1.82, 2.24) is 4.90 Å². The summed E-state index contributed by atoms with van der Waals surface area (Å²) >= 11 is 3.35. The van der Waals surface area contributed by atoms with Crippen LogP contribution in [0.15, 0.2) is 28.7 Å². The topological polar surface area (TPSA) is 69.6 Å². The summed E-state index contributed by atoms with van der Waals surface area (Å²) in [7, 11) is 0. The van der Waals surface area contributed by atoms with Crippen LogP contribution in [0, 0.1) is 0 Å². The van der Waals surface area contributed by atoms with Crippen LogP contribution in [-0.2, 0) is 9.59 Å². The molecule has 19 heavy (non-hydrogen) atoms. The summed E-state index contributed by atoms with van der Waals surface area (Å²) in [6.45, 7) is 0.0202. The molecule has 2 rings (SSSR count). The van der Waals surface area contributed by atoms with Gasteiger partial charge in [-0.2, -0.15) is 0 Å². The Hall–Kier alpha value is -1.40. The van der Waals surface area contributed by atoms with Crippen LogP contribution in [0.4, 0.5) is 5.69 Å². The molecule has 0 atom stereocenters. The zero-order valence-corrected chi connectivity index (χ0v) is 11.9. The average Bonchev–Trinajstić information content (AvgIpc) is 3.14. The second kappa shape index (κ2) is 6.16. The summed E-state index contributed by atoms with van der Waals surface area (Å²) < 4.78 is 0.805. The number of aliphatic carboxylic acids is 1. The maximum atomic E-state index is 11.9. The van der Waals surface area contributed by atoms with Crippen molar-refractivity contribution >= 4 is 33.5 Å². The van der Waals surface area contributed by atoms with Crippen LogP contribution in [0.1, 0.15) is 12.8 Å². The lowest BCUT2D eigenvalue weighted by atomic mass is 10.3. The molecule has 102 valence electrons. The van der Waals surface area contributed by atoms with Gasteiger partial charge >= 0.3 is 5.97 Å². The predicted molar refractivity (Wildman–Crippen MR) is 75.0 cm³/mol. The molecule has 1 amide bonds. The molecule has 1 fully saturated rings. The van der Waals surface area contributed by atoms with Gasteiger partial charge in [-0.1, -0.05) is 12.1 Å². The fraction of sp³-hybridized carbons (Fsp3) is 0.385. The fourth-order valence-electron chi connectivity index (χ4n) is 1.86. The van der Waals surface area contributed by atoms with E-state index in [2.05, 4.69) is 21.2 Å². The monoisotopic (exact) mass is 326 g/mol. The van der Waals surface area contributed by atoms with Gasteiger partial charge in [0.15, 0.2) is 0 Å². The SMILES string of the molecule is O=C(O)CN(CC(=O)Nc1ccccc1Br)C1CC1. The molecule has 0 bridgehead atoms. The second-order valence-corrected chi connectivity index (χ2v) is 5.41. The number of halogens is 1. The number of nitrogens with one attached hydrogen (secondary N) is 1. The van der Waals surface area contributed by atoms with E-state index < -0.39 is 5.97 Å². The van der Waals surface area contributed by atoms with Crippen molar-refractivity contribution in [3.8, 4) is 0 Å². The molecule has 5 nitrogen and oxygen atoms in total. The number of anilines is 1. The van der Waals surface area contributed by atoms with Crippen LogP contribution < -0.4 is 5.32 Å². The van der Waals surface area contributed by atoms with Gasteiger partial charge in [-0.15, -0.1) is 0 Å². The zero-order valence-electron chi connectivity index (χ0n) is 10.3. The van der Waals surface area contributed by atoms with Gasteiger partial charge in [0.2, 0.25) is 5.91 Å². The molecule has 0 aromatic heterocycles. The van der Waals surface area contributed by atoms with E-state index >= 15 is 0 Å². The number of carboxylic acids is 1. The molecule has 6 heteroatoms. The van der Waals surface area contributed by atoms with Crippen molar-refractivity contribution in [1.29, 1.82) is 0 Å². The number of carboxylic acid groups (broad SMARTS) is 1. The Morgan fingerprint density at radius 1 is 1.32 bits per heavy atom. The number of para-hydroxylation sites is 1. The number of carbonyl (C=O) groups excluding carboxylic acids is 1. The molecule has 1 aromatic rings. The first-order chi connectivity index (χ1) is 9.06. The molecule has 0 unspecified atom stereocenters. The molecule has 1 saturated carbocycles. The molecule has 0 saturated heterocycles. The Morgan fingerprint density at radius 3 is 2.58 bits per heavy atom. The van der Waals surface area contributed by atoms with E-state index in [0.717, 1.165) is 17.3 Å². The van der Waals surface area contributed by atoms with Gasteiger partial charge in [-0.25, -0.2) is 0 Å². The Balaban J connectivity index is 1.92. The Kier molecular flexibility index (Phi) is 4.55. The van der Waals surface area contributed by atoms with Gasteiger partial charge in [0.05, 0.1) is 18.8 Å². The van der Waals surface area contributed by atoms with Crippen LogP contribution in [0.3, 0.4) is 0 Å². The largest absolute Gasteiger partial charge is 0.480 e. The highest BCUT2D eigenvalue weighted by Crippen LogP contribution is 2.26. The van der Waals surface area contributed by atoms with Crippen LogP contribution in [0.25, 0.3) is 0 Å². The lowest BCUT2D eigenvalue weighted by Gasteiger charge is -2.19. The minimum atomic E-state index is -0.902. The standard InChI is InChI=1S/C13H15BrN2O3/c14-10-3-1-2-4-11(10)15-12(17)7-16(8-13(18)19)9-5-6-9/h1-4,9H,5-8H2,(H,15,17)(H,18,19). The van der Waals surface area contributed by atoms with Crippen LogP contribution in [-0.4, -0.2) is 41.0 Å². The van der Waals surface area contributed by atoms with Gasteiger partial charge in [0.1, 0.15) is 0 Å². The fourth-order valence-corrected chi connectivity index (χ4v) is 2.25. The third kappa shape index (κ3) is 4.33. The number of amides is 1. The molecular formula is C13H15BrN2O3. The lowest BCUT2D eigenvalue weighted by Crippen LogP contribution is -2.38. The Bertz CT molecular complexity index is 489. The van der Waals surface area contributed by atoms with E-state index in [0.29, 0.717) is 5.69 Å². The Labute approximate surface area is 119 Å².